The molecule has 0 aliphatic heterocycles. The number of hydrogen-bond acceptors (Lipinski definition) is 5. The highest BCUT2D eigenvalue weighted by molar-refractivity contribution is 7.12. The number of halogens is 3. The normalized spacial score (nSPS) is 17.9. The lowest BCUT2D eigenvalue weighted by Crippen LogP contribution is -2.44. The van der Waals surface area contributed by atoms with E-state index < -0.39 is 17.5 Å². The van der Waals surface area contributed by atoms with Gasteiger partial charge in [-0.2, -0.15) is 13.2 Å². The van der Waals surface area contributed by atoms with E-state index in [0.717, 1.165) is 36.8 Å². The van der Waals surface area contributed by atoms with E-state index in [0.29, 0.717) is 28.8 Å². The number of benzene rings is 2. The zero-order valence-electron chi connectivity index (χ0n) is 20.7. The Kier molecular flexibility index (Phi) is 8.34. The minimum atomic E-state index is -4.92. The second kappa shape index (κ2) is 11.5. The molecule has 1 aliphatic carbocycles. The van der Waals surface area contributed by atoms with Crippen molar-refractivity contribution >= 4 is 23.0 Å². The van der Waals surface area contributed by atoms with Gasteiger partial charge in [0.2, 0.25) is 0 Å². The topological polar surface area (TPSA) is 58.6 Å². The molecule has 0 unspecified atom stereocenters. The maximum Gasteiger partial charge on any atom is 0.454 e. The van der Waals surface area contributed by atoms with Crippen molar-refractivity contribution in [2.24, 2.45) is 0 Å². The molecule has 1 amide bonds. The van der Waals surface area contributed by atoms with Crippen LogP contribution in [0.15, 0.2) is 60.0 Å². The molecule has 1 fully saturated rings. The highest BCUT2D eigenvalue weighted by Gasteiger charge is 2.39. The number of alkyl halides is 3. The number of ketones is 1. The monoisotopic (exact) mass is 530 g/mol. The number of thiophene rings is 1. The number of Topliss-reactive ketones (excluding diaryl/α,β-unsaturated/α-hetero) is 1. The van der Waals surface area contributed by atoms with Crippen LogP contribution in [0, 0.1) is 0 Å². The van der Waals surface area contributed by atoms with E-state index in [2.05, 4.69) is 5.32 Å². The summed E-state index contributed by atoms with van der Waals surface area (Å²) < 4.78 is 43.9. The molecule has 9 heteroatoms. The SMILES string of the molecule is CNC1CCC(N(Cc2cc(-c3ccc(C(=O)C(F)(F)F)cc3)ccc2OC)C(=O)c2cccs2)CC1. The maximum absolute atomic E-state index is 13.6. The van der Waals surface area contributed by atoms with Crippen molar-refractivity contribution in [3.05, 3.63) is 76.0 Å². The lowest BCUT2D eigenvalue weighted by atomic mass is 9.89. The molecule has 5 nitrogen and oxygen atoms in total. The largest absolute Gasteiger partial charge is 0.496 e. The van der Waals surface area contributed by atoms with Crippen molar-refractivity contribution in [3.63, 3.8) is 0 Å². The summed E-state index contributed by atoms with van der Waals surface area (Å²) in [4.78, 5) is 27.7. The second-order valence-electron chi connectivity index (χ2n) is 9.14. The Labute approximate surface area is 218 Å². The molecule has 37 heavy (non-hydrogen) atoms. The molecule has 196 valence electrons. The maximum atomic E-state index is 13.6. The standard InChI is InChI=1S/C28H29F3N2O3S/c1-32-22-10-12-23(13-11-22)33(27(35)25-4-3-15-37-25)17-21-16-20(9-14-24(21)36-2)18-5-7-19(8-6-18)26(34)28(29,30)31/h3-9,14-16,22-23,32H,10-13,17H2,1-2H3. The van der Waals surface area contributed by atoms with Crippen LogP contribution in [-0.4, -0.2) is 49.0 Å². The van der Waals surface area contributed by atoms with Gasteiger partial charge in [0, 0.05) is 29.8 Å². The molecule has 1 saturated carbocycles. The first-order valence-electron chi connectivity index (χ1n) is 12.1. The van der Waals surface area contributed by atoms with Gasteiger partial charge >= 0.3 is 6.18 Å². The summed E-state index contributed by atoms with van der Waals surface area (Å²) in [5.74, 6) is -1.27. The minimum absolute atomic E-state index is 0.0228. The van der Waals surface area contributed by atoms with Gasteiger partial charge in [-0.05, 0) is 67.4 Å². The highest BCUT2D eigenvalue weighted by atomic mass is 32.1. The van der Waals surface area contributed by atoms with E-state index in [1.54, 1.807) is 13.2 Å². The number of carbonyl (C=O) groups excluding carboxylic acids is 2. The average Bonchev–Trinajstić information content (AvgIpc) is 3.46. The van der Waals surface area contributed by atoms with Crippen LogP contribution in [0.4, 0.5) is 13.2 Å². The van der Waals surface area contributed by atoms with Gasteiger partial charge in [0.15, 0.2) is 0 Å². The average molecular weight is 531 g/mol. The quantitative estimate of drug-likeness (QED) is 0.345. The van der Waals surface area contributed by atoms with Crippen molar-refractivity contribution in [3.8, 4) is 16.9 Å². The summed E-state index contributed by atoms with van der Waals surface area (Å²) in [6.07, 6.45) is -1.18. The molecule has 0 spiro atoms. The van der Waals surface area contributed by atoms with Crippen LogP contribution in [-0.2, 0) is 6.54 Å². The number of rotatable bonds is 8. The molecule has 1 aliphatic rings. The van der Waals surface area contributed by atoms with Crippen molar-refractivity contribution in [2.45, 2.75) is 50.5 Å². The van der Waals surface area contributed by atoms with Crippen LogP contribution in [0.1, 0.15) is 51.3 Å². The van der Waals surface area contributed by atoms with Crippen LogP contribution in [0.3, 0.4) is 0 Å². The first-order valence-corrected chi connectivity index (χ1v) is 13.0. The fraction of sp³-hybridized carbons (Fsp3) is 0.357. The molecule has 0 radical (unpaired) electrons. The first-order chi connectivity index (χ1) is 17.7. The summed E-state index contributed by atoms with van der Waals surface area (Å²) in [6, 6.07) is 15.1. The zero-order chi connectivity index (χ0) is 26.6. The van der Waals surface area contributed by atoms with E-state index in [-0.39, 0.29) is 11.9 Å². The first kappa shape index (κ1) is 26.9. The van der Waals surface area contributed by atoms with E-state index >= 15 is 0 Å². The Hall–Kier alpha value is -3.17. The summed E-state index contributed by atoms with van der Waals surface area (Å²) in [7, 11) is 3.53. The smallest absolute Gasteiger partial charge is 0.454 e. The third-order valence-corrected chi connectivity index (χ3v) is 7.76. The summed E-state index contributed by atoms with van der Waals surface area (Å²) in [5.41, 5.74) is 1.81. The summed E-state index contributed by atoms with van der Waals surface area (Å²) in [6.45, 7) is 0.341. The number of amides is 1. The van der Waals surface area contributed by atoms with Gasteiger partial charge in [-0.1, -0.05) is 36.4 Å². The molecular formula is C28H29F3N2O3S. The van der Waals surface area contributed by atoms with E-state index in [4.69, 9.17) is 4.74 Å². The number of hydrogen-bond donors (Lipinski definition) is 1. The Morgan fingerprint density at radius 3 is 2.27 bits per heavy atom. The van der Waals surface area contributed by atoms with Crippen molar-refractivity contribution in [1.29, 1.82) is 0 Å². The molecule has 4 rings (SSSR count). The lowest BCUT2D eigenvalue weighted by molar-refractivity contribution is -0.0885. The fourth-order valence-corrected chi connectivity index (χ4v) is 5.51. The molecule has 3 aromatic rings. The number of carbonyl (C=O) groups is 2. The molecule has 0 saturated heterocycles. The van der Waals surface area contributed by atoms with E-state index in [1.165, 1.54) is 35.6 Å². The minimum Gasteiger partial charge on any atom is -0.496 e. The number of ether oxygens (including phenoxy) is 1. The van der Waals surface area contributed by atoms with Crippen molar-refractivity contribution < 1.29 is 27.5 Å². The Bertz CT molecular complexity index is 1220. The molecule has 1 N–H and O–H groups in total. The summed E-state index contributed by atoms with van der Waals surface area (Å²) in [5, 5.41) is 5.21. The predicted molar refractivity (Wildman–Crippen MR) is 138 cm³/mol. The van der Waals surface area contributed by atoms with Crippen LogP contribution >= 0.6 is 11.3 Å². The van der Waals surface area contributed by atoms with Crippen LogP contribution in [0.25, 0.3) is 11.1 Å². The molecule has 1 heterocycles. The van der Waals surface area contributed by atoms with Gasteiger partial charge < -0.3 is 15.0 Å². The van der Waals surface area contributed by atoms with Crippen LogP contribution in [0.2, 0.25) is 0 Å². The van der Waals surface area contributed by atoms with Crippen LogP contribution < -0.4 is 10.1 Å². The van der Waals surface area contributed by atoms with Crippen LogP contribution in [0.5, 0.6) is 5.75 Å². The number of nitrogens with one attached hydrogen (secondary N) is 1. The molecule has 2 aromatic carbocycles. The molecule has 0 atom stereocenters. The van der Waals surface area contributed by atoms with Gasteiger partial charge in [0.1, 0.15) is 5.75 Å². The van der Waals surface area contributed by atoms with Gasteiger partial charge in [0.25, 0.3) is 11.7 Å². The molecule has 0 bridgehead atoms. The van der Waals surface area contributed by atoms with Gasteiger partial charge in [0.05, 0.1) is 12.0 Å². The highest BCUT2D eigenvalue weighted by Crippen LogP contribution is 2.32. The summed E-state index contributed by atoms with van der Waals surface area (Å²) >= 11 is 1.41. The van der Waals surface area contributed by atoms with Gasteiger partial charge in [-0.25, -0.2) is 0 Å². The number of nitrogens with zero attached hydrogens (tertiary/aromatic N) is 1. The third-order valence-electron chi connectivity index (χ3n) is 6.90. The van der Waals surface area contributed by atoms with Crippen molar-refractivity contribution in [1.82, 2.24) is 10.2 Å². The lowest BCUT2D eigenvalue weighted by Gasteiger charge is -2.37. The van der Waals surface area contributed by atoms with Gasteiger partial charge in [-0.3, -0.25) is 9.59 Å². The zero-order valence-corrected chi connectivity index (χ0v) is 21.5. The van der Waals surface area contributed by atoms with E-state index in [9.17, 15) is 22.8 Å². The Balaban J connectivity index is 1.63. The van der Waals surface area contributed by atoms with Crippen molar-refractivity contribution in [2.75, 3.05) is 14.2 Å². The van der Waals surface area contributed by atoms with Gasteiger partial charge in [-0.15, -0.1) is 11.3 Å². The Morgan fingerprint density at radius 2 is 1.70 bits per heavy atom. The Morgan fingerprint density at radius 1 is 1.03 bits per heavy atom. The molecule has 1 aromatic heterocycles. The molecular weight excluding hydrogens is 501 g/mol. The fourth-order valence-electron chi connectivity index (χ4n) is 4.83. The second-order valence-corrected chi connectivity index (χ2v) is 10.1. The predicted octanol–water partition coefficient (Wildman–Crippen LogP) is 6.34. The van der Waals surface area contributed by atoms with E-state index in [1.807, 2.05) is 41.6 Å². The third kappa shape index (κ3) is 6.22. The number of methoxy groups -OCH3 is 1.